The van der Waals surface area contributed by atoms with Crippen molar-refractivity contribution < 1.29 is 9.90 Å². The lowest BCUT2D eigenvalue weighted by Crippen LogP contribution is -2.23. The fraction of sp³-hybridized carbons (Fsp3) is 0.636. The highest BCUT2D eigenvalue weighted by Crippen LogP contribution is 2.34. The molecule has 0 atom stereocenters. The lowest BCUT2D eigenvalue weighted by atomic mass is 9.78. The summed E-state index contributed by atoms with van der Waals surface area (Å²) >= 11 is 0. The molecule has 0 unspecified atom stereocenters. The number of hydrogen-bond acceptors (Lipinski definition) is 2. The van der Waals surface area contributed by atoms with Crippen LogP contribution < -0.4 is 0 Å². The number of rotatable bonds is 1. The predicted octanol–water partition coefficient (Wildman–Crippen LogP) is 1.63. The smallest absolute Gasteiger partial charge is 0.372 e. The first-order valence-corrected chi connectivity index (χ1v) is 5.18. The van der Waals surface area contributed by atoms with Crippen LogP contribution in [0.5, 0.6) is 0 Å². The molecule has 15 heavy (non-hydrogen) atoms. The van der Waals surface area contributed by atoms with Crippen molar-refractivity contribution in [1.29, 1.82) is 0 Å². The van der Waals surface area contributed by atoms with Gasteiger partial charge in [0.05, 0.1) is 5.69 Å². The highest BCUT2D eigenvalue weighted by atomic mass is 16.4. The van der Waals surface area contributed by atoms with Crippen LogP contribution in [0.2, 0.25) is 0 Å². The van der Waals surface area contributed by atoms with E-state index in [9.17, 15) is 4.79 Å². The van der Waals surface area contributed by atoms with Gasteiger partial charge < -0.3 is 9.67 Å². The zero-order valence-corrected chi connectivity index (χ0v) is 9.37. The molecule has 0 saturated carbocycles. The fourth-order valence-electron chi connectivity index (χ4n) is 2.20. The van der Waals surface area contributed by atoms with Crippen molar-refractivity contribution in [3.05, 3.63) is 17.2 Å². The van der Waals surface area contributed by atoms with Gasteiger partial charge in [-0.3, -0.25) is 0 Å². The number of aryl methyl sites for hydroxylation is 1. The SMILES string of the molecule is Cn1c(C(=O)O)nc2c1CC(C)(C)CC2. The van der Waals surface area contributed by atoms with Gasteiger partial charge >= 0.3 is 5.97 Å². The quantitative estimate of drug-likeness (QED) is 0.763. The number of carboxylic acid groups (broad SMARTS) is 1. The second kappa shape index (κ2) is 3.08. The normalized spacial score (nSPS) is 18.6. The van der Waals surface area contributed by atoms with Crippen LogP contribution in [0.25, 0.3) is 0 Å². The maximum absolute atomic E-state index is 10.9. The van der Waals surface area contributed by atoms with E-state index in [-0.39, 0.29) is 11.2 Å². The van der Waals surface area contributed by atoms with Crippen molar-refractivity contribution in [3.63, 3.8) is 0 Å². The Labute approximate surface area is 88.9 Å². The predicted molar refractivity (Wildman–Crippen MR) is 56.0 cm³/mol. The molecular weight excluding hydrogens is 192 g/mol. The Bertz CT molecular complexity index is 418. The third kappa shape index (κ3) is 1.64. The Morgan fingerprint density at radius 2 is 2.20 bits per heavy atom. The number of fused-ring (bicyclic) bond motifs is 1. The summed E-state index contributed by atoms with van der Waals surface area (Å²) in [6.45, 7) is 4.42. The van der Waals surface area contributed by atoms with Crippen molar-refractivity contribution in [2.24, 2.45) is 12.5 Å². The van der Waals surface area contributed by atoms with E-state index in [2.05, 4.69) is 18.8 Å². The van der Waals surface area contributed by atoms with Gasteiger partial charge in [0.1, 0.15) is 0 Å². The first kappa shape index (κ1) is 10.2. The van der Waals surface area contributed by atoms with Gasteiger partial charge in [-0.1, -0.05) is 13.8 Å². The minimum atomic E-state index is -0.940. The Hall–Kier alpha value is -1.32. The summed E-state index contributed by atoms with van der Waals surface area (Å²) in [5, 5.41) is 8.96. The van der Waals surface area contributed by atoms with Crippen molar-refractivity contribution in [2.45, 2.75) is 33.1 Å². The van der Waals surface area contributed by atoms with E-state index in [1.54, 1.807) is 11.6 Å². The molecule has 4 nitrogen and oxygen atoms in total. The molecule has 1 aromatic rings. The van der Waals surface area contributed by atoms with Crippen LogP contribution in [0.15, 0.2) is 0 Å². The number of aromatic nitrogens is 2. The highest BCUT2D eigenvalue weighted by Gasteiger charge is 2.30. The largest absolute Gasteiger partial charge is 0.475 e. The van der Waals surface area contributed by atoms with E-state index in [0.717, 1.165) is 30.7 Å². The molecule has 2 rings (SSSR count). The molecule has 1 N–H and O–H groups in total. The molecule has 1 heterocycles. The average molecular weight is 208 g/mol. The molecule has 0 fully saturated rings. The van der Waals surface area contributed by atoms with E-state index in [0.29, 0.717) is 0 Å². The number of nitrogens with zero attached hydrogens (tertiary/aromatic N) is 2. The zero-order chi connectivity index (χ0) is 11.2. The first-order valence-electron chi connectivity index (χ1n) is 5.18. The first-order chi connectivity index (χ1) is 6.91. The third-order valence-corrected chi connectivity index (χ3v) is 3.17. The summed E-state index contributed by atoms with van der Waals surface area (Å²) in [7, 11) is 1.79. The number of imidazole rings is 1. The van der Waals surface area contributed by atoms with Gasteiger partial charge in [-0.25, -0.2) is 9.78 Å². The van der Waals surface area contributed by atoms with Gasteiger partial charge in [0.25, 0.3) is 0 Å². The minimum absolute atomic E-state index is 0.165. The van der Waals surface area contributed by atoms with Gasteiger partial charge in [0, 0.05) is 12.7 Å². The number of carbonyl (C=O) groups is 1. The molecule has 4 heteroatoms. The molecule has 1 aliphatic rings. The van der Waals surface area contributed by atoms with Crippen LogP contribution >= 0.6 is 0 Å². The second-order valence-corrected chi connectivity index (χ2v) is 5.03. The molecule has 0 bridgehead atoms. The second-order valence-electron chi connectivity index (χ2n) is 5.03. The Balaban J connectivity index is 2.47. The van der Waals surface area contributed by atoms with E-state index < -0.39 is 5.97 Å². The summed E-state index contributed by atoms with van der Waals surface area (Å²) in [6.07, 6.45) is 2.89. The number of aromatic carboxylic acids is 1. The third-order valence-electron chi connectivity index (χ3n) is 3.17. The van der Waals surface area contributed by atoms with Crippen molar-refractivity contribution in [3.8, 4) is 0 Å². The van der Waals surface area contributed by atoms with Gasteiger partial charge in [0.15, 0.2) is 0 Å². The summed E-state index contributed by atoms with van der Waals surface area (Å²) in [4.78, 5) is 15.1. The standard InChI is InChI=1S/C11H16N2O2/c1-11(2)5-4-7-8(6-11)13(3)9(12-7)10(14)15/h4-6H2,1-3H3,(H,14,15). The number of hydrogen-bond donors (Lipinski definition) is 1. The van der Waals surface area contributed by atoms with Crippen LogP contribution in [0.1, 0.15) is 42.3 Å². The van der Waals surface area contributed by atoms with Crippen molar-refractivity contribution in [1.82, 2.24) is 9.55 Å². The molecule has 0 saturated heterocycles. The van der Waals surface area contributed by atoms with Gasteiger partial charge in [-0.2, -0.15) is 0 Å². The summed E-state index contributed by atoms with van der Waals surface area (Å²) < 4.78 is 1.72. The summed E-state index contributed by atoms with van der Waals surface area (Å²) in [6, 6.07) is 0. The lowest BCUT2D eigenvalue weighted by molar-refractivity contribution is 0.0679. The van der Waals surface area contributed by atoms with Crippen LogP contribution in [-0.4, -0.2) is 20.6 Å². The highest BCUT2D eigenvalue weighted by molar-refractivity contribution is 5.83. The lowest BCUT2D eigenvalue weighted by Gasteiger charge is -2.29. The molecule has 0 aliphatic heterocycles. The molecule has 1 aromatic heterocycles. The fourth-order valence-corrected chi connectivity index (χ4v) is 2.20. The zero-order valence-electron chi connectivity index (χ0n) is 9.37. The Morgan fingerprint density at radius 3 is 2.80 bits per heavy atom. The monoisotopic (exact) mass is 208 g/mol. The van der Waals surface area contributed by atoms with Crippen LogP contribution in [0.3, 0.4) is 0 Å². The molecule has 1 aliphatic carbocycles. The molecule has 0 radical (unpaired) electrons. The topological polar surface area (TPSA) is 55.1 Å². The Morgan fingerprint density at radius 1 is 1.53 bits per heavy atom. The average Bonchev–Trinajstić information content (AvgIpc) is 2.42. The Kier molecular flexibility index (Phi) is 2.10. The maximum Gasteiger partial charge on any atom is 0.372 e. The molecule has 82 valence electrons. The van der Waals surface area contributed by atoms with Crippen molar-refractivity contribution in [2.75, 3.05) is 0 Å². The molecule has 0 spiro atoms. The van der Waals surface area contributed by atoms with Gasteiger partial charge in [-0.15, -0.1) is 0 Å². The molecule has 0 aromatic carbocycles. The van der Waals surface area contributed by atoms with E-state index in [1.807, 2.05) is 0 Å². The van der Waals surface area contributed by atoms with Gasteiger partial charge in [-0.05, 0) is 24.7 Å². The number of carboxylic acids is 1. The van der Waals surface area contributed by atoms with Crippen LogP contribution in [0.4, 0.5) is 0 Å². The van der Waals surface area contributed by atoms with Crippen LogP contribution in [-0.2, 0) is 19.9 Å². The molecular formula is C11H16N2O2. The molecule has 0 amide bonds. The van der Waals surface area contributed by atoms with Crippen LogP contribution in [0, 0.1) is 5.41 Å². The van der Waals surface area contributed by atoms with E-state index in [1.165, 1.54) is 0 Å². The van der Waals surface area contributed by atoms with E-state index in [4.69, 9.17) is 5.11 Å². The van der Waals surface area contributed by atoms with Gasteiger partial charge in [0.2, 0.25) is 5.82 Å². The van der Waals surface area contributed by atoms with Crippen molar-refractivity contribution >= 4 is 5.97 Å². The summed E-state index contributed by atoms with van der Waals surface area (Å²) in [5.74, 6) is -0.776. The maximum atomic E-state index is 10.9. The van der Waals surface area contributed by atoms with E-state index >= 15 is 0 Å². The summed E-state index contributed by atoms with van der Waals surface area (Å²) in [5.41, 5.74) is 2.31. The minimum Gasteiger partial charge on any atom is -0.475 e.